The molecule has 0 aromatic rings. The van der Waals surface area contributed by atoms with Gasteiger partial charge >= 0.3 is 0 Å². The summed E-state index contributed by atoms with van der Waals surface area (Å²) >= 11 is 0. The third-order valence-corrected chi connectivity index (χ3v) is 3.20. The van der Waals surface area contributed by atoms with Crippen molar-refractivity contribution < 1.29 is 4.84 Å². The van der Waals surface area contributed by atoms with Crippen molar-refractivity contribution in [1.82, 2.24) is 10.8 Å². The van der Waals surface area contributed by atoms with Gasteiger partial charge in [0.05, 0.1) is 6.54 Å². The van der Waals surface area contributed by atoms with Crippen molar-refractivity contribution in [1.29, 1.82) is 0 Å². The fourth-order valence-corrected chi connectivity index (χ4v) is 1.94. The van der Waals surface area contributed by atoms with Crippen LogP contribution in [0.25, 0.3) is 0 Å². The van der Waals surface area contributed by atoms with Gasteiger partial charge in [-0.25, -0.2) is 0 Å². The van der Waals surface area contributed by atoms with Crippen LogP contribution in [0, 0.1) is 12.5 Å². The lowest BCUT2D eigenvalue weighted by Gasteiger charge is -2.18. The van der Waals surface area contributed by atoms with Gasteiger partial charge in [0.2, 0.25) is 0 Å². The highest BCUT2D eigenvalue weighted by Gasteiger charge is 2.08. The molecule has 132 valence electrons. The molecule has 0 amide bonds. The van der Waals surface area contributed by atoms with Gasteiger partial charge < -0.3 is 5.32 Å². The smallest absolute Gasteiger partial charge is 0.106 e. The van der Waals surface area contributed by atoms with Crippen molar-refractivity contribution in [3.8, 4) is 12.5 Å². The van der Waals surface area contributed by atoms with E-state index in [1.54, 1.807) is 12.3 Å². The van der Waals surface area contributed by atoms with Crippen LogP contribution in [0.5, 0.6) is 0 Å². The van der Waals surface area contributed by atoms with E-state index >= 15 is 0 Å². The molecule has 0 saturated carbocycles. The van der Waals surface area contributed by atoms with Crippen LogP contribution in [0.15, 0.2) is 54.2 Å². The van der Waals surface area contributed by atoms with Crippen molar-refractivity contribution in [2.24, 2.45) is 4.99 Å². The lowest BCUT2D eigenvalue weighted by molar-refractivity contribution is 0.0364. The summed E-state index contributed by atoms with van der Waals surface area (Å²) in [5, 5.41) is 2.65. The van der Waals surface area contributed by atoms with E-state index in [1.165, 1.54) is 0 Å². The zero-order chi connectivity index (χ0) is 18.0. The maximum atomic E-state index is 5.59. The molecule has 4 heteroatoms. The molecule has 0 rings (SSSR count). The Morgan fingerprint density at radius 1 is 1.42 bits per heavy atom. The highest BCUT2D eigenvalue weighted by Crippen LogP contribution is 2.11. The lowest BCUT2D eigenvalue weighted by atomic mass is 10.0. The molecule has 0 saturated heterocycles. The van der Waals surface area contributed by atoms with Gasteiger partial charge in [0.25, 0.3) is 0 Å². The average Bonchev–Trinajstić information content (AvgIpc) is 2.57. The highest BCUT2D eigenvalue weighted by molar-refractivity contribution is 5.83. The molecule has 0 aliphatic heterocycles. The molecule has 0 fully saturated rings. The van der Waals surface area contributed by atoms with Crippen molar-refractivity contribution in [2.75, 3.05) is 13.2 Å². The molecule has 0 aliphatic carbocycles. The summed E-state index contributed by atoms with van der Waals surface area (Å²) in [7, 11) is 0. The van der Waals surface area contributed by atoms with Crippen LogP contribution in [-0.4, -0.2) is 24.9 Å². The number of terminal acetylenes is 1. The topological polar surface area (TPSA) is 45.7 Å². The minimum atomic E-state index is 0.316. The summed E-state index contributed by atoms with van der Waals surface area (Å²) < 4.78 is 0. The Morgan fingerprint density at radius 2 is 2.21 bits per heavy atom. The number of nitrogens with zero attached hydrogens (tertiary/aromatic N) is 1. The maximum absolute atomic E-state index is 5.59. The van der Waals surface area contributed by atoms with Gasteiger partial charge in [-0.1, -0.05) is 56.7 Å². The first-order chi connectivity index (χ1) is 11.6. The van der Waals surface area contributed by atoms with Crippen LogP contribution in [-0.2, 0) is 4.84 Å². The molecule has 24 heavy (non-hydrogen) atoms. The number of hydroxylamine groups is 1. The molecule has 0 radical (unpaired) electrons. The molecule has 0 aromatic heterocycles. The zero-order valence-electron chi connectivity index (χ0n) is 15.1. The Kier molecular flexibility index (Phi) is 14.4. The molecular formula is C20H31N3O. The first-order valence-corrected chi connectivity index (χ1v) is 8.34. The fourth-order valence-electron chi connectivity index (χ4n) is 1.94. The molecule has 4 nitrogen and oxygen atoms in total. The number of rotatable bonds is 14. The molecule has 0 spiro atoms. The quantitative estimate of drug-likeness (QED) is 0.167. The van der Waals surface area contributed by atoms with Crippen molar-refractivity contribution in [3.05, 3.63) is 49.2 Å². The van der Waals surface area contributed by atoms with Gasteiger partial charge in [0.1, 0.15) is 6.61 Å². The van der Waals surface area contributed by atoms with E-state index in [4.69, 9.17) is 11.3 Å². The monoisotopic (exact) mass is 329 g/mol. The van der Waals surface area contributed by atoms with Gasteiger partial charge in [-0.15, -0.1) is 0 Å². The third kappa shape index (κ3) is 13.6. The van der Waals surface area contributed by atoms with Gasteiger partial charge in [-0.3, -0.25) is 9.83 Å². The van der Waals surface area contributed by atoms with Crippen molar-refractivity contribution in [3.63, 3.8) is 0 Å². The maximum Gasteiger partial charge on any atom is 0.106 e. The molecule has 1 atom stereocenters. The third-order valence-electron chi connectivity index (χ3n) is 3.20. The standard InChI is InChI=1S/C20H31N3O/c1-6-9-12-18(4)13-14-20(11-7-2)23-24-17-19(5)22-16-10-15-21-8-3/h3,6,9-10,12,15,20-21,23H,1,4,7,11,13-14,16-17H2,2,5H3/b12-9-,15-10+,22-19-. The average molecular weight is 329 g/mol. The zero-order valence-corrected chi connectivity index (χ0v) is 15.1. The first kappa shape index (κ1) is 21.9. The van der Waals surface area contributed by atoms with Crippen LogP contribution >= 0.6 is 0 Å². The minimum Gasteiger partial charge on any atom is -0.322 e. The summed E-state index contributed by atoms with van der Waals surface area (Å²) in [5.74, 6) is 0. The summed E-state index contributed by atoms with van der Waals surface area (Å²) in [4.78, 5) is 9.96. The van der Waals surface area contributed by atoms with Crippen LogP contribution in [0.4, 0.5) is 0 Å². The number of allylic oxidation sites excluding steroid dienone is 4. The molecular weight excluding hydrogens is 298 g/mol. The predicted octanol–water partition coefficient (Wildman–Crippen LogP) is 3.91. The molecule has 0 heterocycles. The number of hydrogen-bond acceptors (Lipinski definition) is 4. The normalized spacial score (nSPS) is 13.1. The largest absolute Gasteiger partial charge is 0.322 e. The van der Waals surface area contributed by atoms with Crippen LogP contribution in [0.1, 0.15) is 39.5 Å². The van der Waals surface area contributed by atoms with Crippen LogP contribution in [0.3, 0.4) is 0 Å². The molecule has 0 aromatic carbocycles. The second-order valence-corrected chi connectivity index (χ2v) is 5.45. The first-order valence-electron chi connectivity index (χ1n) is 8.34. The summed E-state index contributed by atoms with van der Waals surface area (Å²) in [5.41, 5.74) is 5.18. The second-order valence-electron chi connectivity index (χ2n) is 5.45. The van der Waals surface area contributed by atoms with Gasteiger partial charge in [0.15, 0.2) is 0 Å². The lowest BCUT2D eigenvalue weighted by Crippen LogP contribution is -2.31. The van der Waals surface area contributed by atoms with E-state index in [0.717, 1.165) is 37.0 Å². The molecule has 0 bridgehead atoms. The van der Waals surface area contributed by atoms with Crippen LogP contribution < -0.4 is 10.8 Å². The van der Waals surface area contributed by atoms with E-state index in [0.29, 0.717) is 19.2 Å². The summed E-state index contributed by atoms with van der Waals surface area (Å²) in [6, 6.07) is 2.63. The SMILES string of the molecule is C#CN/C=C/C/N=C(/C)CONC(CCC)CCC(=C)/C=C\C=C. The second kappa shape index (κ2) is 15.8. The predicted molar refractivity (Wildman–Crippen MR) is 105 cm³/mol. The van der Waals surface area contributed by atoms with E-state index < -0.39 is 0 Å². The van der Waals surface area contributed by atoms with E-state index in [2.05, 4.69) is 41.9 Å². The Balaban J connectivity index is 4.09. The highest BCUT2D eigenvalue weighted by atomic mass is 16.6. The molecule has 1 unspecified atom stereocenters. The minimum absolute atomic E-state index is 0.316. The Labute approximate surface area is 147 Å². The summed E-state index contributed by atoms with van der Waals surface area (Å²) in [6.45, 7) is 12.9. The Bertz CT molecular complexity index is 484. The van der Waals surface area contributed by atoms with Crippen molar-refractivity contribution >= 4 is 5.71 Å². The molecule has 0 aliphatic rings. The summed E-state index contributed by atoms with van der Waals surface area (Å²) in [6.07, 6.45) is 18.4. The van der Waals surface area contributed by atoms with Gasteiger partial charge in [0, 0.05) is 24.0 Å². The van der Waals surface area contributed by atoms with E-state index in [-0.39, 0.29) is 0 Å². The number of aliphatic imine (C=N–C) groups is 1. The number of nitrogens with one attached hydrogen (secondary N) is 2. The van der Waals surface area contributed by atoms with E-state index in [9.17, 15) is 0 Å². The van der Waals surface area contributed by atoms with E-state index in [1.807, 2.05) is 25.2 Å². The van der Waals surface area contributed by atoms with Crippen LogP contribution in [0.2, 0.25) is 0 Å². The number of hydrogen-bond donors (Lipinski definition) is 2. The Morgan fingerprint density at radius 3 is 2.88 bits per heavy atom. The van der Waals surface area contributed by atoms with Gasteiger partial charge in [-0.05, 0) is 32.3 Å². The fraction of sp³-hybridized carbons (Fsp3) is 0.450. The molecule has 2 N–H and O–H groups in total. The van der Waals surface area contributed by atoms with Gasteiger partial charge in [-0.2, -0.15) is 5.48 Å². The van der Waals surface area contributed by atoms with Crippen molar-refractivity contribution in [2.45, 2.75) is 45.6 Å². The Hall–Kier alpha value is -2.09.